The van der Waals surface area contributed by atoms with Crippen molar-refractivity contribution in [2.75, 3.05) is 46.1 Å². The first-order valence-electron chi connectivity index (χ1n) is 8.38. The van der Waals surface area contributed by atoms with Gasteiger partial charge in [-0.15, -0.1) is 0 Å². The molecule has 0 saturated carbocycles. The molecule has 1 aromatic carbocycles. The summed E-state index contributed by atoms with van der Waals surface area (Å²) in [6.45, 7) is 3.12. The lowest BCUT2D eigenvalue weighted by Crippen LogP contribution is -2.39. The highest BCUT2D eigenvalue weighted by Crippen LogP contribution is 2.21. The summed E-state index contributed by atoms with van der Waals surface area (Å²) in [6, 6.07) is 6.44. The maximum Gasteiger partial charge on any atom is 0.213 e. The van der Waals surface area contributed by atoms with Crippen LogP contribution in [0, 0.1) is 11.7 Å². The van der Waals surface area contributed by atoms with Gasteiger partial charge in [-0.1, -0.05) is 12.1 Å². The number of piperidine rings is 1. The van der Waals surface area contributed by atoms with E-state index in [4.69, 9.17) is 4.74 Å². The monoisotopic (exact) mass is 358 g/mol. The SMILES string of the molecule is CN(C)S(=O)(=O)CCCN1CCC[C@H](COc2ccccc2F)C1. The van der Waals surface area contributed by atoms with Gasteiger partial charge in [0.15, 0.2) is 11.6 Å². The average molecular weight is 358 g/mol. The Kier molecular flexibility index (Phi) is 7.01. The van der Waals surface area contributed by atoms with Gasteiger partial charge in [-0.25, -0.2) is 17.1 Å². The van der Waals surface area contributed by atoms with Crippen molar-refractivity contribution in [3.8, 4) is 5.75 Å². The van der Waals surface area contributed by atoms with E-state index in [2.05, 4.69) is 4.90 Å². The zero-order valence-electron chi connectivity index (χ0n) is 14.4. The third-order valence-corrected chi connectivity index (χ3v) is 6.26. The van der Waals surface area contributed by atoms with Gasteiger partial charge in [0.1, 0.15) is 0 Å². The van der Waals surface area contributed by atoms with Crippen molar-refractivity contribution >= 4 is 10.0 Å². The summed E-state index contributed by atoms with van der Waals surface area (Å²) in [6.07, 6.45) is 2.74. The highest BCUT2D eigenvalue weighted by atomic mass is 32.2. The van der Waals surface area contributed by atoms with Crippen LogP contribution >= 0.6 is 0 Å². The number of hydrogen-bond acceptors (Lipinski definition) is 4. The quantitative estimate of drug-likeness (QED) is 0.715. The topological polar surface area (TPSA) is 49.9 Å². The number of rotatable bonds is 8. The fraction of sp³-hybridized carbons (Fsp3) is 0.647. The standard InChI is InChI=1S/C17H27FN2O3S/c1-19(2)24(21,22)12-6-11-20-10-5-7-15(13-20)14-23-17-9-4-3-8-16(17)18/h3-4,8-9,15H,5-7,10-14H2,1-2H3/t15-/m0/s1. The van der Waals surface area contributed by atoms with Crippen LogP contribution in [-0.4, -0.2) is 63.7 Å². The van der Waals surface area contributed by atoms with E-state index in [1.54, 1.807) is 32.3 Å². The highest BCUT2D eigenvalue weighted by Gasteiger charge is 2.21. The molecule has 1 saturated heterocycles. The van der Waals surface area contributed by atoms with E-state index in [-0.39, 0.29) is 11.6 Å². The molecule has 0 unspecified atom stereocenters. The minimum Gasteiger partial charge on any atom is -0.490 e. The number of sulfonamides is 1. The van der Waals surface area contributed by atoms with E-state index < -0.39 is 10.0 Å². The van der Waals surface area contributed by atoms with Gasteiger partial charge in [-0.3, -0.25) is 0 Å². The van der Waals surface area contributed by atoms with Gasteiger partial charge in [0.2, 0.25) is 10.0 Å². The van der Waals surface area contributed by atoms with E-state index in [0.29, 0.717) is 24.7 Å². The second-order valence-electron chi connectivity index (χ2n) is 6.50. The molecule has 5 nitrogen and oxygen atoms in total. The summed E-state index contributed by atoms with van der Waals surface area (Å²) >= 11 is 0. The fourth-order valence-electron chi connectivity index (χ4n) is 2.91. The Hall–Kier alpha value is -1.18. The Morgan fingerprint density at radius 3 is 2.79 bits per heavy atom. The van der Waals surface area contributed by atoms with E-state index >= 15 is 0 Å². The summed E-state index contributed by atoms with van der Waals surface area (Å²) in [5, 5.41) is 0. The largest absolute Gasteiger partial charge is 0.490 e. The van der Waals surface area contributed by atoms with Crippen LogP contribution in [0.3, 0.4) is 0 Å². The summed E-state index contributed by atoms with van der Waals surface area (Å²) in [7, 11) is 0.000382. The minimum absolute atomic E-state index is 0.174. The molecule has 1 atom stereocenters. The average Bonchev–Trinajstić information content (AvgIpc) is 2.54. The summed E-state index contributed by atoms with van der Waals surface area (Å²) in [5.41, 5.74) is 0. The lowest BCUT2D eigenvalue weighted by atomic mass is 9.99. The van der Waals surface area contributed by atoms with Crippen LogP contribution in [0.25, 0.3) is 0 Å². The molecule has 0 amide bonds. The van der Waals surface area contributed by atoms with E-state index in [9.17, 15) is 12.8 Å². The number of benzene rings is 1. The molecular weight excluding hydrogens is 331 g/mol. The molecule has 136 valence electrons. The van der Waals surface area contributed by atoms with E-state index in [1.165, 1.54) is 10.4 Å². The molecule has 1 fully saturated rings. The van der Waals surface area contributed by atoms with Crippen molar-refractivity contribution in [2.24, 2.45) is 5.92 Å². The predicted octanol–water partition coefficient (Wildman–Crippen LogP) is 2.20. The molecular formula is C17H27FN2O3S. The summed E-state index contributed by atoms with van der Waals surface area (Å²) in [4.78, 5) is 2.28. The van der Waals surface area contributed by atoms with Crippen LogP contribution in [0.2, 0.25) is 0 Å². The van der Waals surface area contributed by atoms with Gasteiger partial charge in [-0.2, -0.15) is 0 Å². The van der Waals surface area contributed by atoms with Crippen molar-refractivity contribution in [1.29, 1.82) is 0 Å². The molecule has 7 heteroatoms. The molecule has 0 N–H and O–H groups in total. The van der Waals surface area contributed by atoms with Crippen LogP contribution in [-0.2, 0) is 10.0 Å². The van der Waals surface area contributed by atoms with Crippen LogP contribution < -0.4 is 4.74 Å². The Bertz CT molecular complexity index is 622. The molecule has 1 aromatic rings. The first-order valence-corrected chi connectivity index (χ1v) is 9.99. The highest BCUT2D eigenvalue weighted by molar-refractivity contribution is 7.89. The minimum atomic E-state index is -3.12. The Labute approximate surface area is 144 Å². The molecule has 1 aliphatic heterocycles. The van der Waals surface area contributed by atoms with E-state index in [0.717, 1.165) is 32.5 Å². The molecule has 0 spiro atoms. The lowest BCUT2D eigenvalue weighted by molar-refractivity contribution is 0.128. The third kappa shape index (κ3) is 5.72. The summed E-state index contributed by atoms with van der Waals surface area (Å²) in [5.74, 6) is 0.488. The molecule has 1 heterocycles. The molecule has 2 rings (SSSR count). The van der Waals surface area contributed by atoms with Gasteiger partial charge >= 0.3 is 0 Å². The van der Waals surface area contributed by atoms with Gasteiger partial charge in [-0.05, 0) is 44.5 Å². The van der Waals surface area contributed by atoms with Crippen LogP contribution in [0.4, 0.5) is 4.39 Å². The number of halogens is 1. The van der Waals surface area contributed by atoms with Crippen molar-refractivity contribution in [2.45, 2.75) is 19.3 Å². The lowest BCUT2D eigenvalue weighted by Gasteiger charge is -2.32. The molecule has 0 aromatic heterocycles. The van der Waals surface area contributed by atoms with Crippen LogP contribution in [0.1, 0.15) is 19.3 Å². The normalized spacial score (nSPS) is 19.6. The van der Waals surface area contributed by atoms with Gasteiger partial charge in [0.05, 0.1) is 12.4 Å². The molecule has 24 heavy (non-hydrogen) atoms. The zero-order valence-corrected chi connectivity index (χ0v) is 15.3. The number of hydrogen-bond donors (Lipinski definition) is 0. The fourth-order valence-corrected chi connectivity index (χ4v) is 3.77. The Morgan fingerprint density at radius 2 is 2.08 bits per heavy atom. The zero-order chi connectivity index (χ0) is 17.6. The van der Waals surface area contributed by atoms with Gasteiger partial charge in [0.25, 0.3) is 0 Å². The first kappa shape index (κ1) is 19.1. The van der Waals surface area contributed by atoms with Gasteiger partial charge in [0, 0.05) is 26.6 Å². The predicted molar refractivity (Wildman–Crippen MR) is 93.1 cm³/mol. The number of nitrogens with zero attached hydrogens (tertiary/aromatic N) is 2. The smallest absolute Gasteiger partial charge is 0.213 e. The Morgan fingerprint density at radius 1 is 1.33 bits per heavy atom. The third-order valence-electron chi connectivity index (χ3n) is 4.35. The van der Waals surface area contributed by atoms with Crippen LogP contribution in [0.15, 0.2) is 24.3 Å². The molecule has 1 aliphatic rings. The summed E-state index contributed by atoms with van der Waals surface area (Å²) < 4.78 is 44.0. The number of likely N-dealkylation sites (tertiary alicyclic amines) is 1. The first-order chi connectivity index (χ1) is 11.4. The van der Waals surface area contributed by atoms with Gasteiger partial charge < -0.3 is 9.64 Å². The number of para-hydroxylation sites is 1. The maximum absolute atomic E-state index is 13.6. The second-order valence-corrected chi connectivity index (χ2v) is 8.80. The molecule has 0 bridgehead atoms. The Balaban J connectivity index is 1.75. The van der Waals surface area contributed by atoms with Crippen molar-refractivity contribution in [3.05, 3.63) is 30.1 Å². The molecule has 0 radical (unpaired) electrons. The molecule has 0 aliphatic carbocycles. The second kappa shape index (κ2) is 8.78. The van der Waals surface area contributed by atoms with Crippen molar-refractivity contribution in [3.63, 3.8) is 0 Å². The van der Waals surface area contributed by atoms with Crippen molar-refractivity contribution < 1.29 is 17.5 Å². The van der Waals surface area contributed by atoms with Crippen LogP contribution in [0.5, 0.6) is 5.75 Å². The number of ether oxygens (including phenoxy) is 1. The van der Waals surface area contributed by atoms with E-state index in [1.807, 2.05) is 0 Å². The maximum atomic E-state index is 13.6. The van der Waals surface area contributed by atoms with Crippen molar-refractivity contribution in [1.82, 2.24) is 9.21 Å².